The van der Waals surface area contributed by atoms with E-state index in [1.165, 1.54) is 0 Å². The van der Waals surface area contributed by atoms with Crippen molar-refractivity contribution in [3.05, 3.63) is 94.8 Å². The summed E-state index contributed by atoms with van der Waals surface area (Å²) in [7, 11) is 0. The van der Waals surface area contributed by atoms with Crippen LogP contribution in [0.2, 0.25) is 0 Å². The molecule has 1 aliphatic heterocycles. The van der Waals surface area contributed by atoms with E-state index in [2.05, 4.69) is 36.3 Å². The van der Waals surface area contributed by atoms with E-state index in [1.54, 1.807) is 4.68 Å². The Kier molecular flexibility index (Phi) is 8.02. The zero-order valence-corrected chi connectivity index (χ0v) is 25.2. The van der Waals surface area contributed by atoms with Crippen LogP contribution in [0.15, 0.2) is 66.7 Å². The smallest absolute Gasteiger partial charge is 0.324 e. The number of hydrogen-bond acceptors (Lipinski definition) is 5. The fourth-order valence-electron chi connectivity index (χ4n) is 4.86. The van der Waals surface area contributed by atoms with Gasteiger partial charge < -0.3 is 15.1 Å². The SMILES string of the molecule is Cc1ccc(C(=O)N2CCN(c3ccc(NC(=O)Nc4cc(C(C)(C)C)nn4-c4ccc(C)cc4)c(C)n3)CC2)cc1. The van der Waals surface area contributed by atoms with Crippen LogP contribution in [0.5, 0.6) is 0 Å². The Morgan fingerprint density at radius 2 is 1.40 bits per heavy atom. The molecule has 0 spiro atoms. The quantitative estimate of drug-likeness (QED) is 0.305. The minimum absolute atomic E-state index is 0.0580. The van der Waals surface area contributed by atoms with E-state index in [1.807, 2.05) is 92.4 Å². The van der Waals surface area contributed by atoms with Crippen molar-refractivity contribution in [1.29, 1.82) is 0 Å². The number of anilines is 3. The van der Waals surface area contributed by atoms with Gasteiger partial charge in [-0.3, -0.25) is 10.1 Å². The molecule has 5 rings (SSSR count). The fourth-order valence-corrected chi connectivity index (χ4v) is 4.86. The van der Waals surface area contributed by atoms with Gasteiger partial charge in [-0.1, -0.05) is 56.2 Å². The molecule has 3 heterocycles. The molecule has 0 aliphatic carbocycles. The highest BCUT2D eigenvalue weighted by Gasteiger charge is 2.24. The van der Waals surface area contributed by atoms with Crippen LogP contribution >= 0.6 is 0 Å². The van der Waals surface area contributed by atoms with E-state index in [0.29, 0.717) is 48.9 Å². The van der Waals surface area contributed by atoms with E-state index in [-0.39, 0.29) is 17.4 Å². The summed E-state index contributed by atoms with van der Waals surface area (Å²) in [4.78, 5) is 34.8. The summed E-state index contributed by atoms with van der Waals surface area (Å²) in [6.07, 6.45) is 0. The zero-order valence-electron chi connectivity index (χ0n) is 25.2. The topological polar surface area (TPSA) is 95.4 Å². The van der Waals surface area contributed by atoms with Crippen LogP contribution in [0.1, 0.15) is 53.6 Å². The Hall–Kier alpha value is -4.66. The molecule has 42 heavy (non-hydrogen) atoms. The first kappa shape index (κ1) is 28.9. The van der Waals surface area contributed by atoms with Crippen molar-refractivity contribution >= 4 is 29.3 Å². The summed E-state index contributed by atoms with van der Waals surface area (Å²) < 4.78 is 1.76. The first-order valence-corrected chi connectivity index (χ1v) is 14.3. The standard InChI is InChI=1S/C33H39N7O2/c1-22-7-11-25(12-8-22)31(41)39-19-17-38(18-20-39)29-16-15-27(24(3)34-29)35-32(42)36-30-21-28(33(4,5)6)37-40(30)26-13-9-23(2)10-14-26/h7-16,21H,17-20H2,1-6H3,(H2,35,36,42). The lowest BCUT2D eigenvalue weighted by molar-refractivity contribution is 0.0746. The van der Waals surface area contributed by atoms with Gasteiger partial charge >= 0.3 is 6.03 Å². The minimum Gasteiger partial charge on any atom is -0.353 e. The number of aromatic nitrogens is 3. The first-order chi connectivity index (χ1) is 20.0. The molecule has 4 aromatic rings. The monoisotopic (exact) mass is 565 g/mol. The Morgan fingerprint density at radius 1 is 0.786 bits per heavy atom. The van der Waals surface area contributed by atoms with E-state index in [0.717, 1.165) is 28.3 Å². The molecule has 2 N–H and O–H groups in total. The van der Waals surface area contributed by atoms with E-state index < -0.39 is 0 Å². The van der Waals surface area contributed by atoms with Crippen molar-refractivity contribution in [3.8, 4) is 5.69 Å². The molecule has 0 radical (unpaired) electrons. The lowest BCUT2D eigenvalue weighted by Crippen LogP contribution is -2.49. The summed E-state index contributed by atoms with van der Waals surface area (Å²) in [6, 6.07) is 21.1. The molecule has 0 atom stereocenters. The third-order valence-electron chi connectivity index (χ3n) is 7.51. The summed E-state index contributed by atoms with van der Waals surface area (Å²) in [5.41, 5.74) is 5.91. The molecular formula is C33H39N7O2. The normalized spacial score (nSPS) is 13.7. The average Bonchev–Trinajstić information content (AvgIpc) is 3.39. The summed E-state index contributed by atoms with van der Waals surface area (Å²) in [5.74, 6) is 1.47. The van der Waals surface area contributed by atoms with Crippen molar-refractivity contribution < 1.29 is 9.59 Å². The van der Waals surface area contributed by atoms with Gasteiger partial charge in [-0.2, -0.15) is 5.10 Å². The Bertz CT molecular complexity index is 1580. The van der Waals surface area contributed by atoms with Gasteiger partial charge in [0, 0.05) is 43.2 Å². The average molecular weight is 566 g/mol. The molecule has 2 aromatic carbocycles. The van der Waals surface area contributed by atoms with Crippen molar-refractivity contribution in [1.82, 2.24) is 19.7 Å². The van der Waals surface area contributed by atoms with Gasteiger partial charge in [0.05, 0.1) is 22.8 Å². The van der Waals surface area contributed by atoms with Crippen LogP contribution in [0.4, 0.5) is 22.1 Å². The number of nitrogens with zero attached hydrogens (tertiary/aromatic N) is 5. The lowest BCUT2D eigenvalue weighted by atomic mass is 9.92. The maximum Gasteiger partial charge on any atom is 0.324 e. The number of benzene rings is 2. The number of nitrogens with one attached hydrogen (secondary N) is 2. The van der Waals surface area contributed by atoms with Crippen molar-refractivity contribution in [2.45, 2.75) is 47.0 Å². The Morgan fingerprint density at radius 3 is 2.00 bits per heavy atom. The molecule has 9 heteroatoms. The van der Waals surface area contributed by atoms with Crippen LogP contribution in [-0.2, 0) is 5.41 Å². The summed E-state index contributed by atoms with van der Waals surface area (Å²) >= 11 is 0. The van der Waals surface area contributed by atoms with Crippen LogP contribution in [0.25, 0.3) is 5.69 Å². The number of amides is 3. The van der Waals surface area contributed by atoms with Crippen LogP contribution < -0.4 is 15.5 Å². The highest BCUT2D eigenvalue weighted by atomic mass is 16.2. The Labute approximate surface area is 247 Å². The number of pyridine rings is 1. The molecule has 1 aliphatic rings. The molecule has 2 aromatic heterocycles. The van der Waals surface area contributed by atoms with Crippen molar-refractivity contribution in [2.24, 2.45) is 0 Å². The highest BCUT2D eigenvalue weighted by Crippen LogP contribution is 2.27. The van der Waals surface area contributed by atoms with E-state index >= 15 is 0 Å². The first-order valence-electron chi connectivity index (χ1n) is 14.3. The van der Waals surface area contributed by atoms with Gasteiger partial charge in [0.15, 0.2) is 0 Å². The second-order valence-electron chi connectivity index (χ2n) is 11.9. The third kappa shape index (κ3) is 6.46. The number of piperazine rings is 1. The third-order valence-corrected chi connectivity index (χ3v) is 7.51. The van der Waals surface area contributed by atoms with Gasteiger partial charge in [-0.15, -0.1) is 0 Å². The predicted molar refractivity (Wildman–Crippen MR) is 168 cm³/mol. The maximum absolute atomic E-state index is 13.1. The van der Waals surface area contributed by atoms with Crippen molar-refractivity contribution in [2.75, 3.05) is 41.7 Å². The number of urea groups is 1. The molecule has 9 nitrogen and oxygen atoms in total. The predicted octanol–water partition coefficient (Wildman–Crippen LogP) is 6.10. The van der Waals surface area contributed by atoms with Crippen LogP contribution in [0, 0.1) is 20.8 Å². The lowest BCUT2D eigenvalue weighted by Gasteiger charge is -2.35. The van der Waals surface area contributed by atoms with Crippen LogP contribution in [-0.4, -0.2) is 57.8 Å². The van der Waals surface area contributed by atoms with E-state index in [9.17, 15) is 9.59 Å². The largest absolute Gasteiger partial charge is 0.353 e. The second-order valence-corrected chi connectivity index (χ2v) is 11.9. The number of rotatable bonds is 5. The summed E-state index contributed by atoms with van der Waals surface area (Å²) in [5, 5.41) is 10.7. The molecule has 1 saturated heterocycles. The maximum atomic E-state index is 13.1. The number of carbonyl (C=O) groups is 2. The second kappa shape index (κ2) is 11.7. The molecule has 0 unspecified atom stereocenters. The van der Waals surface area contributed by atoms with Gasteiger partial charge in [-0.25, -0.2) is 14.5 Å². The zero-order chi connectivity index (χ0) is 30.0. The Balaban J connectivity index is 1.23. The van der Waals surface area contributed by atoms with Crippen molar-refractivity contribution in [3.63, 3.8) is 0 Å². The van der Waals surface area contributed by atoms with Gasteiger partial charge in [-0.05, 0) is 57.2 Å². The number of aryl methyl sites for hydroxylation is 3. The summed E-state index contributed by atoms with van der Waals surface area (Å²) in [6.45, 7) is 14.8. The van der Waals surface area contributed by atoms with Gasteiger partial charge in [0.1, 0.15) is 11.6 Å². The molecule has 3 amide bonds. The molecule has 1 fully saturated rings. The van der Waals surface area contributed by atoms with Gasteiger partial charge in [0.2, 0.25) is 0 Å². The molecule has 218 valence electrons. The number of hydrogen-bond donors (Lipinski definition) is 2. The minimum atomic E-state index is -0.371. The molecule has 0 saturated carbocycles. The highest BCUT2D eigenvalue weighted by molar-refractivity contribution is 6.00. The fraction of sp³-hybridized carbons (Fsp3) is 0.333. The van der Waals surface area contributed by atoms with Gasteiger partial charge in [0.25, 0.3) is 5.91 Å². The molecule has 0 bridgehead atoms. The number of carbonyl (C=O) groups excluding carboxylic acids is 2. The van der Waals surface area contributed by atoms with Crippen LogP contribution in [0.3, 0.4) is 0 Å². The molecular weight excluding hydrogens is 526 g/mol. The van der Waals surface area contributed by atoms with E-state index in [4.69, 9.17) is 10.1 Å².